The minimum absolute atomic E-state index is 0.878. The average molecular weight is 262 g/mol. The molecular formula is C8H7F5O4. The van der Waals surface area contributed by atoms with Crippen LogP contribution in [0.5, 0.6) is 0 Å². The third-order valence-electron chi connectivity index (χ3n) is 1.29. The summed E-state index contributed by atoms with van der Waals surface area (Å²) in [6.07, 6.45) is -5.84. The van der Waals surface area contributed by atoms with Crippen LogP contribution in [0.4, 0.5) is 22.0 Å². The summed E-state index contributed by atoms with van der Waals surface area (Å²) in [5.74, 6) is -8.83. The summed E-state index contributed by atoms with van der Waals surface area (Å²) < 4.78 is 67.1. The molecule has 0 unspecified atom stereocenters. The van der Waals surface area contributed by atoms with Crippen molar-refractivity contribution in [2.75, 3.05) is 6.61 Å². The van der Waals surface area contributed by atoms with Crippen LogP contribution in [0, 0.1) is 0 Å². The van der Waals surface area contributed by atoms with Crippen molar-refractivity contribution in [3.05, 3.63) is 12.3 Å². The number of rotatable bonds is 4. The van der Waals surface area contributed by atoms with E-state index in [0.717, 1.165) is 6.92 Å². The van der Waals surface area contributed by atoms with Crippen LogP contribution in [0.2, 0.25) is 0 Å². The van der Waals surface area contributed by atoms with Gasteiger partial charge in [-0.1, -0.05) is 0 Å². The molecular weight excluding hydrogens is 255 g/mol. The first-order valence-electron chi connectivity index (χ1n) is 3.96. The lowest BCUT2D eigenvalue weighted by Crippen LogP contribution is -2.41. The molecule has 0 aromatic heterocycles. The number of hydrogen-bond donors (Lipinski definition) is 0. The molecule has 0 rings (SSSR count). The van der Waals surface area contributed by atoms with Crippen molar-refractivity contribution in [2.24, 2.45) is 0 Å². The van der Waals surface area contributed by atoms with Crippen molar-refractivity contribution in [3.8, 4) is 0 Å². The minimum Gasteiger partial charge on any atom is -0.453 e. The van der Waals surface area contributed by atoms with Gasteiger partial charge < -0.3 is 9.47 Å². The van der Waals surface area contributed by atoms with Crippen LogP contribution < -0.4 is 0 Å². The van der Waals surface area contributed by atoms with Gasteiger partial charge in [-0.3, -0.25) is 4.79 Å². The molecule has 0 N–H and O–H groups in total. The first-order valence-corrected chi connectivity index (χ1v) is 3.96. The van der Waals surface area contributed by atoms with Crippen LogP contribution >= 0.6 is 0 Å². The van der Waals surface area contributed by atoms with Crippen LogP contribution in [0.25, 0.3) is 0 Å². The Balaban J connectivity index is 4.35. The summed E-state index contributed by atoms with van der Waals surface area (Å²) in [4.78, 5) is 21.1. The molecule has 0 saturated heterocycles. The van der Waals surface area contributed by atoms with E-state index in [1.165, 1.54) is 0 Å². The number of esters is 2. The Labute approximate surface area is 92.0 Å². The lowest BCUT2D eigenvalue weighted by molar-refractivity contribution is -0.294. The fourth-order valence-electron chi connectivity index (χ4n) is 0.534. The highest BCUT2D eigenvalue weighted by atomic mass is 19.4. The SMILES string of the molecule is C=C(OC(C)=O)C(=O)OCC(F)(F)C(F)(F)F. The van der Waals surface area contributed by atoms with E-state index in [1.54, 1.807) is 0 Å². The molecule has 0 atom stereocenters. The standard InChI is InChI=1S/C8H7F5O4/c1-4(17-5(2)14)6(15)16-3-7(9,10)8(11,12)13/h1,3H2,2H3. The molecule has 0 radical (unpaired) electrons. The van der Waals surface area contributed by atoms with Gasteiger partial charge in [0.25, 0.3) is 0 Å². The second-order valence-electron chi connectivity index (χ2n) is 2.80. The molecule has 17 heavy (non-hydrogen) atoms. The van der Waals surface area contributed by atoms with Crippen LogP contribution in [-0.2, 0) is 19.1 Å². The summed E-state index contributed by atoms with van der Waals surface area (Å²) in [5.41, 5.74) is 0. The highest BCUT2D eigenvalue weighted by Gasteiger charge is 2.58. The molecule has 9 heteroatoms. The van der Waals surface area contributed by atoms with Gasteiger partial charge in [-0.05, 0) is 6.58 Å². The third-order valence-corrected chi connectivity index (χ3v) is 1.29. The van der Waals surface area contributed by atoms with Crippen LogP contribution in [0.15, 0.2) is 12.3 Å². The quantitative estimate of drug-likeness (QED) is 0.335. The average Bonchev–Trinajstić information content (AvgIpc) is 2.11. The molecule has 0 heterocycles. The van der Waals surface area contributed by atoms with Gasteiger partial charge in [0, 0.05) is 6.92 Å². The molecule has 0 aromatic rings. The van der Waals surface area contributed by atoms with Crippen LogP contribution in [0.3, 0.4) is 0 Å². The van der Waals surface area contributed by atoms with Crippen molar-refractivity contribution in [1.82, 2.24) is 0 Å². The van der Waals surface area contributed by atoms with Crippen molar-refractivity contribution >= 4 is 11.9 Å². The molecule has 0 bridgehead atoms. The van der Waals surface area contributed by atoms with E-state index >= 15 is 0 Å². The van der Waals surface area contributed by atoms with Gasteiger partial charge in [0.1, 0.15) is 0 Å². The molecule has 0 saturated carbocycles. The summed E-state index contributed by atoms with van der Waals surface area (Å²) in [5, 5.41) is 0. The molecule has 0 amide bonds. The number of halogens is 5. The summed E-state index contributed by atoms with van der Waals surface area (Å²) in [6, 6.07) is 0. The fourth-order valence-corrected chi connectivity index (χ4v) is 0.534. The lowest BCUT2D eigenvalue weighted by atomic mass is 10.3. The van der Waals surface area contributed by atoms with Crippen molar-refractivity contribution in [1.29, 1.82) is 0 Å². The highest BCUT2D eigenvalue weighted by molar-refractivity contribution is 5.88. The first-order chi connectivity index (χ1) is 7.47. The molecule has 0 fully saturated rings. The smallest absolute Gasteiger partial charge is 0.453 e. The highest BCUT2D eigenvalue weighted by Crippen LogP contribution is 2.35. The lowest BCUT2D eigenvalue weighted by Gasteiger charge is -2.19. The van der Waals surface area contributed by atoms with E-state index < -0.39 is 36.4 Å². The summed E-state index contributed by atoms with van der Waals surface area (Å²) >= 11 is 0. The second-order valence-corrected chi connectivity index (χ2v) is 2.80. The van der Waals surface area contributed by atoms with Crippen LogP contribution in [0.1, 0.15) is 6.92 Å². The number of carbonyl (C=O) groups is 2. The van der Waals surface area contributed by atoms with Crippen molar-refractivity contribution < 1.29 is 41.0 Å². The molecule has 0 spiro atoms. The first kappa shape index (κ1) is 15.3. The van der Waals surface area contributed by atoms with Crippen molar-refractivity contribution in [3.63, 3.8) is 0 Å². The Hall–Kier alpha value is -1.67. The van der Waals surface area contributed by atoms with Gasteiger partial charge in [-0.2, -0.15) is 22.0 Å². The Bertz CT molecular complexity index is 333. The van der Waals surface area contributed by atoms with Crippen LogP contribution in [-0.4, -0.2) is 30.6 Å². The zero-order chi connectivity index (χ0) is 13.9. The Morgan fingerprint density at radius 3 is 2.00 bits per heavy atom. The van der Waals surface area contributed by atoms with E-state index in [2.05, 4.69) is 16.1 Å². The van der Waals surface area contributed by atoms with Gasteiger partial charge in [0.05, 0.1) is 0 Å². The maximum absolute atomic E-state index is 12.3. The van der Waals surface area contributed by atoms with E-state index in [-0.39, 0.29) is 0 Å². The Morgan fingerprint density at radius 1 is 1.18 bits per heavy atom. The molecule has 98 valence electrons. The zero-order valence-electron chi connectivity index (χ0n) is 8.44. The Kier molecular flexibility index (Phi) is 4.60. The van der Waals surface area contributed by atoms with E-state index in [1.807, 2.05) is 0 Å². The maximum atomic E-state index is 12.3. The van der Waals surface area contributed by atoms with E-state index in [9.17, 15) is 31.5 Å². The van der Waals surface area contributed by atoms with Gasteiger partial charge in [0.15, 0.2) is 6.61 Å². The van der Waals surface area contributed by atoms with Gasteiger partial charge in [-0.15, -0.1) is 0 Å². The zero-order valence-corrected chi connectivity index (χ0v) is 8.44. The molecule has 4 nitrogen and oxygen atoms in total. The summed E-state index contributed by atoms with van der Waals surface area (Å²) in [6.45, 7) is 1.48. The third kappa shape index (κ3) is 4.79. The molecule has 0 aliphatic heterocycles. The second kappa shape index (κ2) is 5.11. The number of alkyl halides is 5. The predicted octanol–water partition coefficient (Wildman–Crippen LogP) is 1.80. The van der Waals surface area contributed by atoms with Crippen molar-refractivity contribution in [2.45, 2.75) is 19.0 Å². The number of ether oxygens (including phenoxy) is 2. The maximum Gasteiger partial charge on any atom is 0.456 e. The topological polar surface area (TPSA) is 52.6 Å². The number of hydrogen-bond acceptors (Lipinski definition) is 4. The summed E-state index contributed by atoms with van der Waals surface area (Å²) in [7, 11) is 0. The number of carbonyl (C=O) groups excluding carboxylic acids is 2. The molecule has 0 aliphatic rings. The largest absolute Gasteiger partial charge is 0.456 e. The van der Waals surface area contributed by atoms with Gasteiger partial charge in [-0.25, -0.2) is 4.79 Å². The minimum atomic E-state index is -5.84. The van der Waals surface area contributed by atoms with E-state index in [4.69, 9.17) is 0 Å². The predicted molar refractivity (Wildman–Crippen MR) is 42.9 cm³/mol. The fraction of sp³-hybridized carbons (Fsp3) is 0.500. The molecule has 0 aromatic carbocycles. The Morgan fingerprint density at radius 2 is 1.65 bits per heavy atom. The molecule has 0 aliphatic carbocycles. The monoisotopic (exact) mass is 262 g/mol. The van der Waals surface area contributed by atoms with Gasteiger partial charge >= 0.3 is 24.0 Å². The van der Waals surface area contributed by atoms with Gasteiger partial charge in [0.2, 0.25) is 5.76 Å². The normalized spacial score (nSPS) is 11.9. The van der Waals surface area contributed by atoms with E-state index in [0.29, 0.717) is 0 Å².